The molecule has 154 valence electrons. The molecule has 0 spiro atoms. The number of benzene rings is 2. The van der Waals surface area contributed by atoms with Crippen molar-refractivity contribution >= 4 is 23.9 Å². The molecule has 0 saturated heterocycles. The quantitative estimate of drug-likeness (QED) is 0.512. The van der Waals surface area contributed by atoms with Crippen LogP contribution in [0.1, 0.15) is 42.6 Å². The summed E-state index contributed by atoms with van der Waals surface area (Å²) in [6.07, 6.45) is -0.313. The van der Waals surface area contributed by atoms with Gasteiger partial charge in [0.25, 0.3) is 5.91 Å². The van der Waals surface area contributed by atoms with Crippen molar-refractivity contribution in [2.24, 2.45) is 0 Å². The van der Waals surface area contributed by atoms with E-state index < -0.39 is 24.6 Å². The predicted molar refractivity (Wildman–Crippen MR) is 109 cm³/mol. The van der Waals surface area contributed by atoms with Gasteiger partial charge in [-0.25, -0.2) is 4.79 Å². The molecule has 1 amide bonds. The summed E-state index contributed by atoms with van der Waals surface area (Å²) in [5, 5.41) is 2.71. The first-order valence-corrected chi connectivity index (χ1v) is 9.20. The number of carbonyl (C=O) groups excluding carboxylic acids is 3. The number of methoxy groups -OCH3 is 1. The number of ether oxygens (including phenoxy) is 3. The van der Waals surface area contributed by atoms with Crippen LogP contribution in [0.3, 0.4) is 0 Å². The Morgan fingerprint density at radius 2 is 1.72 bits per heavy atom. The number of anilines is 1. The second-order valence-electron chi connectivity index (χ2n) is 6.71. The van der Waals surface area contributed by atoms with E-state index in [1.54, 1.807) is 12.1 Å². The lowest BCUT2D eigenvalue weighted by molar-refractivity contribution is -0.155. The van der Waals surface area contributed by atoms with E-state index in [4.69, 9.17) is 14.2 Å². The molecule has 7 nitrogen and oxygen atoms in total. The number of carbonyl (C=O) groups is 3. The molecule has 0 saturated carbocycles. The van der Waals surface area contributed by atoms with Crippen molar-refractivity contribution in [2.75, 3.05) is 19.0 Å². The first-order chi connectivity index (χ1) is 13.8. The summed E-state index contributed by atoms with van der Waals surface area (Å²) in [5.41, 5.74) is 2.21. The Kier molecular flexibility index (Phi) is 7.77. The lowest BCUT2D eigenvalue weighted by atomic mass is 10.0. The van der Waals surface area contributed by atoms with Gasteiger partial charge in [0, 0.05) is 11.3 Å². The second kappa shape index (κ2) is 10.3. The number of hydrogen-bond donors (Lipinski definition) is 1. The minimum Gasteiger partial charge on any atom is -0.493 e. The van der Waals surface area contributed by atoms with Crippen molar-refractivity contribution in [1.29, 1.82) is 0 Å². The fraction of sp³-hybridized carbons (Fsp3) is 0.318. The largest absolute Gasteiger partial charge is 0.493 e. The fourth-order valence-corrected chi connectivity index (χ4v) is 2.49. The molecule has 0 unspecified atom stereocenters. The monoisotopic (exact) mass is 399 g/mol. The van der Waals surface area contributed by atoms with Crippen molar-refractivity contribution in [3.05, 3.63) is 53.6 Å². The van der Waals surface area contributed by atoms with Crippen molar-refractivity contribution in [1.82, 2.24) is 0 Å². The third-order valence-corrected chi connectivity index (χ3v) is 4.19. The van der Waals surface area contributed by atoms with Crippen molar-refractivity contribution in [2.45, 2.75) is 32.8 Å². The van der Waals surface area contributed by atoms with E-state index in [2.05, 4.69) is 19.2 Å². The van der Waals surface area contributed by atoms with Crippen LogP contribution in [-0.4, -0.2) is 38.0 Å². The topological polar surface area (TPSA) is 90.9 Å². The Hall–Kier alpha value is -3.35. The van der Waals surface area contributed by atoms with Crippen LogP contribution in [0.5, 0.6) is 11.5 Å². The van der Waals surface area contributed by atoms with Gasteiger partial charge in [-0.15, -0.1) is 0 Å². The molecule has 2 rings (SSSR count). The zero-order valence-corrected chi connectivity index (χ0v) is 16.9. The van der Waals surface area contributed by atoms with Gasteiger partial charge in [0.1, 0.15) is 6.29 Å². The number of amides is 1. The molecule has 2 aromatic rings. The first-order valence-electron chi connectivity index (χ1n) is 9.20. The number of rotatable bonds is 9. The van der Waals surface area contributed by atoms with Crippen molar-refractivity contribution < 1.29 is 28.6 Å². The molecular weight excluding hydrogens is 374 g/mol. The van der Waals surface area contributed by atoms with E-state index in [0.29, 0.717) is 29.2 Å². The lowest BCUT2D eigenvalue weighted by Crippen LogP contribution is -2.31. The van der Waals surface area contributed by atoms with Gasteiger partial charge in [-0.1, -0.05) is 26.0 Å². The van der Waals surface area contributed by atoms with Gasteiger partial charge >= 0.3 is 5.97 Å². The maximum atomic E-state index is 12.2. The van der Waals surface area contributed by atoms with E-state index in [1.165, 1.54) is 32.2 Å². The third kappa shape index (κ3) is 6.34. The number of nitrogens with one attached hydrogen (secondary N) is 1. The highest BCUT2D eigenvalue weighted by Crippen LogP contribution is 2.27. The van der Waals surface area contributed by atoms with Crippen LogP contribution >= 0.6 is 0 Å². The van der Waals surface area contributed by atoms with E-state index in [9.17, 15) is 14.4 Å². The van der Waals surface area contributed by atoms with Crippen LogP contribution in [0, 0.1) is 0 Å². The van der Waals surface area contributed by atoms with Gasteiger partial charge in [-0.3, -0.25) is 9.59 Å². The molecule has 0 aliphatic heterocycles. The summed E-state index contributed by atoms with van der Waals surface area (Å²) >= 11 is 0. The molecule has 2 aromatic carbocycles. The highest BCUT2D eigenvalue weighted by molar-refractivity contribution is 5.95. The molecule has 0 bridgehead atoms. The summed E-state index contributed by atoms with van der Waals surface area (Å²) in [4.78, 5) is 35.0. The number of esters is 1. The molecule has 0 aliphatic carbocycles. The second-order valence-corrected chi connectivity index (χ2v) is 6.71. The average molecular weight is 399 g/mol. The fourth-order valence-electron chi connectivity index (χ4n) is 2.49. The Morgan fingerprint density at radius 3 is 2.31 bits per heavy atom. The van der Waals surface area contributed by atoms with Gasteiger partial charge in [0.05, 0.1) is 7.11 Å². The van der Waals surface area contributed by atoms with Gasteiger partial charge in [-0.05, 0) is 48.7 Å². The SMILES string of the molecule is COc1cc(C=O)ccc1OCC(=O)O[C@H](C)C(=O)Nc1ccc(C(C)C)cc1. The van der Waals surface area contributed by atoms with Crippen LogP contribution in [0.15, 0.2) is 42.5 Å². The zero-order valence-electron chi connectivity index (χ0n) is 16.9. The summed E-state index contributed by atoms with van der Waals surface area (Å²) in [6, 6.07) is 12.0. The molecule has 7 heteroatoms. The van der Waals surface area contributed by atoms with Crippen LogP contribution in [0.2, 0.25) is 0 Å². The Morgan fingerprint density at radius 1 is 1.03 bits per heavy atom. The van der Waals surface area contributed by atoms with Crippen molar-refractivity contribution in [3.8, 4) is 11.5 Å². The number of hydrogen-bond acceptors (Lipinski definition) is 6. The highest BCUT2D eigenvalue weighted by Gasteiger charge is 2.19. The van der Waals surface area contributed by atoms with Gasteiger partial charge < -0.3 is 19.5 Å². The molecule has 0 fully saturated rings. The predicted octanol–water partition coefficient (Wildman–Crippen LogP) is 3.58. The third-order valence-electron chi connectivity index (χ3n) is 4.19. The molecule has 1 N–H and O–H groups in total. The maximum absolute atomic E-state index is 12.2. The van der Waals surface area contributed by atoms with Crippen LogP contribution in [0.4, 0.5) is 5.69 Å². The van der Waals surface area contributed by atoms with Gasteiger partial charge in [0.15, 0.2) is 24.2 Å². The molecule has 0 heterocycles. The number of aldehydes is 1. The highest BCUT2D eigenvalue weighted by atomic mass is 16.6. The van der Waals surface area contributed by atoms with Crippen molar-refractivity contribution in [3.63, 3.8) is 0 Å². The standard InChI is InChI=1S/C22H25NO6/c1-14(2)17-6-8-18(9-7-17)23-22(26)15(3)29-21(25)13-28-19-10-5-16(12-24)11-20(19)27-4/h5-12,14-15H,13H2,1-4H3,(H,23,26)/t15-/m1/s1. The van der Waals surface area contributed by atoms with E-state index in [-0.39, 0.29) is 5.75 Å². The zero-order chi connectivity index (χ0) is 21.4. The van der Waals surface area contributed by atoms with E-state index >= 15 is 0 Å². The molecular formula is C22H25NO6. The van der Waals surface area contributed by atoms with Crippen LogP contribution in [0.25, 0.3) is 0 Å². The smallest absolute Gasteiger partial charge is 0.344 e. The van der Waals surface area contributed by atoms with Crippen LogP contribution in [-0.2, 0) is 14.3 Å². The maximum Gasteiger partial charge on any atom is 0.344 e. The normalized spacial score (nSPS) is 11.5. The Balaban J connectivity index is 1.86. The summed E-state index contributed by atoms with van der Waals surface area (Å²) in [5.74, 6) is -0.142. The first kappa shape index (κ1) is 21.9. The molecule has 29 heavy (non-hydrogen) atoms. The molecule has 1 atom stereocenters. The average Bonchev–Trinajstić information content (AvgIpc) is 2.72. The Bertz CT molecular complexity index is 860. The van der Waals surface area contributed by atoms with E-state index in [1.807, 2.05) is 12.1 Å². The minimum absolute atomic E-state index is 0.289. The molecule has 0 aliphatic rings. The summed E-state index contributed by atoms with van der Waals surface area (Å²) in [7, 11) is 1.43. The van der Waals surface area contributed by atoms with Gasteiger partial charge in [0.2, 0.25) is 0 Å². The van der Waals surface area contributed by atoms with E-state index in [0.717, 1.165) is 5.56 Å². The molecule has 0 aromatic heterocycles. The summed E-state index contributed by atoms with van der Waals surface area (Å²) < 4.78 is 15.6. The molecule has 0 radical (unpaired) electrons. The van der Waals surface area contributed by atoms with Crippen LogP contribution < -0.4 is 14.8 Å². The van der Waals surface area contributed by atoms with Gasteiger partial charge in [-0.2, -0.15) is 0 Å². The minimum atomic E-state index is -0.991. The lowest BCUT2D eigenvalue weighted by Gasteiger charge is -2.15. The summed E-state index contributed by atoms with van der Waals surface area (Å²) in [6.45, 7) is 5.25. The Labute approximate surface area is 170 Å².